The van der Waals surface area contributed by atoms with Crippen LogP contribution in [0.15, 0.2) is 0 Å². The zero-order valence-electron chi connectivity index (χ0n) is 8.98. The van der Waals surface area contributed by atoms with Crippen molar-refractivity contribution in [2.24, 2.45) is 0 Å². The maximum Gasteiger partial charge on any atom is 0.152 e. The summed E-state index contributed by atoms with van der Waals surface area (Å²) in [7, 11) is -1.06. The molecule has 2 fully saturated rings. The summed E-state index contributed by atoms with van der Waals surface area (Å²) in [5, 5.41) is 3.28. The number of ether oxygens (including phenoxy) is 1. The quantitative estimate of drug-likeness (QED) is 0.644. The number of methoxy groups -OCH3 is 1. The molecular weight excluding hydrogens is 216 g/mol. The Balaban J connectivity index is 1.95. The van der Waals surface area contributed by atoms with Crippen LogP contribution >= 0.6 is 0 Å². The summed E-state index contributed by atoms with van der Waals surface area (Å²) in [6, 6.07) is 0.338. The third-order valence-electron chi connectivity index (χ3n) is 3.28. The van der Waals surface area contributed by atoms with E-state index in [2.05, 4.69) is 10.2 Å². The molecule has 1 N–H and O–H groups in total. The average molecular weight is 234 g/mol. The third kappa shape index (κ3) is 2.50. The van der Waals surface area contributed by atoms with Crippen LogP contribution in [0.4, 0.5) is 0 Å². The summed E-state index contributed by atoms with van der Waals surface area (Å²) < 4.78 is 28.0. The molecule has 2 rings (SSSR count). The molecule has 0 aliphatic carbocycles. The number of rotatable bonds is 2. The van der Waals surface area contributed by atoms with Crippen LogP contribution in [0, 0.1) is 0 Å². The van der Waals surface area contributed by atoms with Crippen molar-refractivity contribution in [1.29, 1.82) is 0 Å². The lowest BCUT2D eigenvalue weighted by Crippen LogP contribution is -2.50. The minimum Gasteiger partial charge on any atom is -0.378 e. The second kappa shape index (κ2) is 4.37. The van der Waals surface area contributed by atoms with Crippen molar-refractivity contribution in [3.8, 4) is 0 Å². The highest BCUT2D eigenvalue weighted by molar-refractivity contribution is 7.91. The molecule has 0 bridgehead atoms. The summed E-state index contributed by atoms with van der Waals surface area (Å²) in [5.74, 6) is 0.583. The second-order valence-corrected chi connectivity index (χ2v) is 6.49. The number of nitrogens with zero attached hydrogens (tertiary/aromatic N) is 1. The first-order chi connectivity index (χ1) is 7.12. The van der Waals surface area contributed by atoms with E-state index in [1.54, 1.807) is 7.11 Å². The monoisotopic (exact) mass is 234 g/mol. The Morgan fingerprint density at radius 2 is 1.93 bits per heavy atom. The van der Waals surface area contributed by atoms with Crippen LogP contribution in [0.1, 0.15) is 0 Å². The lowest BCUT2D eigenvalue weighted by Gasteiger charge is -2.34. The highest BCUT2D eigenvalue weighted by Gasteiger charge is 2.34. The van der Waals surface area contributed by atoms with Crippen molar-refractivity contribution in [3.63, 3.8) is 0 Å². The first-order valence-electron chi connectivity index (χ1n) is 5.30. The van der Waals surface area contributed by atoms with Gasteiger partial charge in [0.15, 0.2) is 9.84 Å². The van der Waals surface area contributed by atoms with Gasteiger partial charge in [0.05, 0.1) is 17.6 Å². The van der Waals surface area contributed by atoms with Gasteiger partial charge in [-0.25, -0.2) is 8.42 Å². The van der Waals surface area contributed by atoms with Crippen LogP contribution in [0.25, 0.3) is 0 Å². The Morgan fingerprint density at radius 1 is 1.27 bits per heavy atom. The molecule has 0 saturated carbocycles. The molecule has 0 spiro atoms. The van der Waals surface area contributed by atoms with E-state index < -0.39 is 9.84 Å². The highest BCUT2D eigenvalue weighted by atomic mass is 32.2. The maximum atomic E-state index is 11.3. The Morgan fingerprint density at radius 3 is 2.53 bits per heavy atom. The average Bonchev–Trinajstić information content (AvgIpc) is 2.65. The van der Waals surface area contributed by atoms with Crippen LogP contribution < -0.4 is 5.32 Å². The van der Waals surface area contributed by atoms with Gasteiger partial charge >= 0.3 is 0 Å². The fraction of sp³-hybridized carbons (Fsp3) is 1.00. The van der Waals surface area contributed by atoms with Gasteiger partial charge in [-0.05, 0) is 0 Å². The van der Waals surface area contributed by atoms with Crippen molar-refractivity contribution in [2.75, 3.05) is 44.8 Å². The molecule has 2 aliphatic heterocycles. The summed E-state index contributed by atoms with van der Waals surface area (Å²) in [4.78, 5) is 2.23. The van der Waals surface area contributed by atoms with Gasteiger partial charge in [0, 0.05) is 39.3 Å². The molecule has 5 nitrogen and oxygen atoms in total. The summed E-state index contributed by atoms with van der Waals surface area (Å²) in [6.45, 7) is 3.06. The van der Waals surface area contributed by atoms with Crippen LogP contribution in [-0.2, 0) is 14.6 Å². The summed E-state index contributed by atoms with van der Waals surface area (Å²) in [5.41, 5.74) is 0. The Kier molecular flexibility index (Phi) is 3.30. The largest absolute Gasteiger partial charge is 0.378 e. The zero-order chi connectivity index (χ0) is 10.9. The third-order valence-corrected chi connectivity index (χ3v) is 4.89. The molecule has 1 unspecified atom stereocenters. The van der Waals surface area contributed by atoms with Crippen molar-refractivity contribution in [2.45, 2.75) is 12.1 Å². The molecule has 2 aliphatic rings. The van der Waals surface area contributed by atoms with E-state index in [4.69, 9.17) is 4.74 Å². The first kappa shape index (κ1) is 11.3. The van der Waals surface area contributed by atoms with Crippen LogP contribution in [0.3, 0.4) is 0 Å². The van der Waals surface area contributed by atoms with Crippen molar-refractivity contribution in [3.05, 3.63) is 0 Å². The molecule has 2 saturated heterocycles. The number of sulfone groups is 1. The predicted octanol–water partition coefficient (Wildman–Crippen LogP) is -1.30. The molecule has 2 heterocycles. The van der Waals surface area contributed by atoms with Crippen LogP contribution in [-0.4, -0.2) is 70.3 Å². The molecule has 88 valence electrons. The van der Waals surface area contributed by atoms with E-state index in [1.165, 1.54) is 0 Å². The number of hydrogen-bond acceptors (Lipinski definition) is 5. The first-order valence-corrected chi connectivity index (χ1v) is 7.12. The molecule has 0 aromatic heterocycles. The van der Waals surface area contributed by atoms with E-state index in [1.807, 2.05) is 0 Å². The van der Waals surface area contributed by atoms with Gasteiger partial charge in [0.2, 0.25) is 0 Å². The molecule has 15 heavy (non-hydrogen) atoms. The van der Waals surface area contributed by atoms with Gasteiger partial charge in [-0.15, -0.1) is 0 Å². The van der Waals surface area contributed by atoms with E-state index >= 15 is 0 Å². The van der Waals surface area contributed by atoms with Gasteiger partial charge in [-0.1, -0.05) is 0 Å². The van der Waals surface area contributed by atoms with Crippen LogP contribution in [0.2, 0.25) is 0 Å². The Bertz CT molecular complexity index is 303. The van der Waals surface area contributed by atoms with Gasteiger partial charge < -0.3 is 10.1 Å². The van der Waals surface area contributed by atoms with Gasteiger partial charge in [0.1, 0.15) is 0 Å². The van der Waals surface area contributed by atoms with Crippen molar-refractivity contribution < 1.29 is 13.2 Å². The second-order valence-electron chi connectivity index (χ2n) is 4.19. The van der Waals surface area contributed by atoms with Gasteiger partial charge in [0.25, 0.3) is 0 Å². The number of hydrogen-bond donors (Lipinski definition) is 1. The molecule has 0 aromatic rings. The Labute approximate surface area is 90.7 Å². The molecule has 0 amide bonds. The van der Waals surface area contributed by atoms with Gasteiger partial charge in [-0.2, -0.15) is 0 Å². The topological polar surface area (TPSA) is 58.6 Å². The van der Waals surface area contributed by atoms with E-state index in [0.717, 1.165) is 13.1 Å². The van der Waals surface area contributed by atoms with Crippen molar-refractivity contribution >= 4 is 9.84 Å². The Hall–Kier alpha value is -0.170. The lowest BCUT2D eigenvalue weighted by molar-refractivity contribution is 0.0474. The van der Waals surface area contributed by atoms with E-state index in [-0.39, 0.29) is 6.10 Å². The molecule has 6 heteroatoms. The smallest absolute Gasteiger partial charge is 0.152 e. The minimum atomic E-state index is -2.77. The fourth-order valence-electron chi connectivity index (χ4n) is 2.30. The SMILES string of the molecule is CO[C@H]1CNCC1N1CCS(=O)(=O)CC1. The van der Waals surface area contributed by atoms with Crippen molar-refractivity contribution in [1.82, 2.24) is 10.2 Å². The van der Waals surface area contributed by atoms with E-state index in [9.17, 15) is 8.42 Å². The summed E-state index contributed by atoms with van der Waals surface area (Å²) >= 11 is 0. The van der Waals surface area contributed by atoms with Crippen LogP contribution in [0.5, 0.6) is 0 Å². The minimum absolute atomic E-state index is 0.200. The zero-order valence-corrected chi connectivity index (χ0v) is 9.79. The normalized spacial score (nSPS) is 36.9. The summed E-state index contributed by atoms with van der Waals surface area (Å²) in [6.07, 6.45) is 0.200. The maximum absolute atomic E-state index is 11.3. The number of nitrogens with one attached hydrogen (secondary N) is 1. The van der Waals surface area contributed by atoms with Gasteiger partial charge in [-0.3, -0.25) is 4.90 Å². The molecule has 0 aromatic carbocycles. The predicted molar refractivity (Wildman–Crippen MR) is 57.7 cm³/mol. The highest BCUT2D eigenvalue weighted by Crippen LogP contribution is 2.15. The fourth-order valence-corrected chi connectivity index (χ4v) is 3.53. The van der Waals surface area contributed by atoms with E-state index in [0.29, 0.717) is 30.6 Å². The molecule has 2 atom stereocenters. The lowest BCUT2D eigenvalue weighted by atomic mass is 10.2. The standard InChI is InChI=1S/C9H18N2O3S/c1-14-9-7-10-6-8(9)11-2-4-15(12,13)5-3-11/h8-10H,2-7H2,1H3/t8?,9-/m0/s1. The molecular formula is C9H18N2O3S. The molecule has 0 radical (unpaired) electrons.